The van der Waals surface area contributed by atoms with Crippen LogP contribution >= 0.6 is 0 Å². The van der Waals surface area contributed by atoms with E-state index in [1.54, 1.807) is 11.8 Å². The number of nitrogens with zero attached hydrogens (tertiary/aromatic N) is 4. The third-order valence-electron chi connectivity index (χ3n) is 6.63. The molecule has 2 unspecified atom stereocenters. The van der Waals surface area contributed by atoms with E-state index in [0.29, 0.717) is 6.42 Å². The van der Waals surface area contributed by atoms with Crippen molar-refractivity contribution >= 4 is 23.5 Å². The van der Waals surface area contributed by atoms with Crippen molar-refractivity contribution in [3.63, 3.8) is 0 Å². The maximum Gasteiger partial charge on any atom is 0.408 e. The summed E-state index contributed by atoms with van der Waals surface area (Å²) in [5.74, 6) is 0.924. The van der Waals surface area contributed by atoms with Gasteiger partial charge < -0.3 is 20.2 Å². The zero-order valence-electron chi connectivity index (χ0n) is 19.8. The van der Waals surface area contributed by atoms with Gasteiger partial charge in [0.15, 0.2) is 0 Å². The fourth-order valence-electron chi connectivity index (χ4n) is 5.11. The molecule has 33 heavy (non-hydrogen) atoms. The molecule has 2 atom stereocenters. The quantitative estimate of drug-likeness (QED) is 0.736. The number of carbonyl (C=O) groups excluding carboxylic acids is 1. The SMILES string of the molecule is CC(=O)N1c2ccc(-c3ccc(N4CCNCC4)nc3)cc2C(N(C(=O)O)C(C)C)CC1C. The molecule has 8 heteroatoms. The minimum Gasteiger partial charge on any atom is -0.465 e. The van der Waals surface area contributed by atoms with E-state index in [1.165, 1.54) is 4.90 Å². The molecule has 2 N–H and O–H groups in total. The number of hydrogen-bond acceptors (Lipinski definition) is 5. The summed E-state index contributed by atoms with van der Waals surface area (Å²) in [6.07, 6.45) is 1.48. The summed E-state index contributed by atoms with van der Waals surface area (Å²) in [7, 11) is 0. The second-order valence-electron chi connectivity index (χ2n) is 9.19. The number of aromatic nitrogens is 1. The Hall–Kier alpha value is -3.13. The zero-order valence-corrected chi connectivity index (χ0v) is 19.8. The Morgan fingerprint density at radius 3 is 2.42 bits per heavy atom. The number of piperazine rings is 1. The average Bonchev–Trinajstić information content (AvgIpc) is 2.79. The number of amides is 2. The summed E-state index contributed by atoms with van der Waals surface area (Å²) in [4.78, 5) is 34.8. The molecule has 1 fully saturated rings. The smallest absolute Gasteiger partial charge is 0.408 e. The summed E-state index contributed by atoms with van der Waals surface area (Å²) in [6, 6.07) is 9.47. The number of anilines is 2. The van der Waals surface area contributed by atoms with E-state index in [1.807, 2.05) is 51.2 Å². The van der Waals surface area contributed by atoms with Crippen molar-refractivity contribution < 1.29 is 14.7 Å². The molecule has 0 aliphatic carbocycles. The highest BCUT2D eigenvalue weighted by Crippen LogP contribution is 2.43. The van der Waals surface area contributed by atoms with Crippen LogP contribution in [0.15, 0.2) is 36.5 Å². The first-order valence-corrected chi connectivity index (χ1v) is 11.6. The van der Waals surface area contributed by atoms with E-state index in [9.17, 15) is 14.7 Å². The first-order valence-electron chi connectivity index (χ1n) is 11.6. The molecule has 0 radical (unpaired) electrons. The summed E-state index contributed by atoms with van der Waals surface area (Å²) in [5.41, 5.74) is 3.58. The fourth-order valence-corrected chi connectivity index (χ4v) is 5.11. The number of carbonyl (C=O) groups is 2. The molecule has 3 heterocycles. The Bertz CT molecular complexity index is 1020. The Morgan fingerprint density at radius 2 is 1.85 bits per heavy atom. The molecule has 1 aromatic heterocycles. The topological polar surface area (TPSA) is 89.0 Å². The molecule has 2 amide bonds. The van der Waals surface area contributed by atoms with Gasteiger partial charge in [0, 0.05) is 62.6 Å². The van der Waals surface area contributed by atoms with Crippen molar-refractivity contribution in [2.24, 2.45) is 0 Å². The van der Waals surface area contributed by atoms with Crippen LogP contribution in [0.3, 0.4) is 0 Å². The molecule has 0 bridgehead atoms. The summed E-state index contributed by atoms with van der Waals surface area (Å²) < 4.78 is 0. The van der Waals surface area contributed by atoms with E-state index in [2.05, 4.69) is 21.3 Å². The summed E-state index contributed by atoms with van der Waals surface area (Å²) in [6.45, 7) is 11.1. The molecule has 2 aromatic rings. The lowest BCUT2D eigenvalue weighted by molar-refractivity contribution is -0.117. The molecule has 1 saturated heterocycles. The van der Waals surface area contributed by atoms with Gasteiger partial charge in [0.25, 0.3) is 0 Å². The monoisotopic (exact) mass is 451 g/mol. The van der Waals surface area contributed by atoms with Crippen LogP contribution in [0.2, 0.25) is 0 Å². The van der Waals surface area contributed by atoms with Gasteiger partial charge in [-0.3, -0.25) is 9.69 Å². The molecule has 8 nitrogen and oxygen atoms in total. The third-order valence-corrected chi connectivity index (χ3v) is 6.63. The van der Waals surface area contributed by atoms with Crippen LogP contribution < -0.4 is 15.1 Å². The zero-order chi connectivity index (χ0) is 23.7. The predicted octanol–water partition coefficient (Wildman–Crippen LogP) is 3.73. The van der Waals surface area contributed by atoms with Crippen LogP contribution in [0.25, 0.3) is 11.1 Å². The molecule has 0 saturated carbocycles. The first kappa shape index (κ1) is 23.0. The molecule has 2 aliphatic heterocycles. The Morgan fingerprint density at radius 1 is 1.15 bits per heavy atom. The summed E-state index contributed by atoms with van der Waals surface area (Å²) in [5, 5.41) is 13.3. The Labute approximate surface area is 195 Å². The second-order valence-corrected chi connectivity index (χ2v) is 9.19. The van der Waals surface area contributed by atoms with Gasteiger partial charge in [-0.15, -0.1) is 0 Å². The maximum absolute atomic E-state index is 12.4. The van der Waals surface area contributed by atoms with Crippen molar-refractivity contribution in [1.82, 2.24) is 15.2 Å². The van der Waals surface area contributed by atoms with Crippen molar-refractivity contribution in [2.75, 3.05) is 36.0 Å². The molecule has 0 spiro atoms. The highest BCUT2D eigenvalue weighted by atomic mass is 16.4. The van der Waals surface area contributed by atoms with Crippen LogP contribution in [0.4, 0.5) is 16.3 Å². The van der Waals surface area contributed by atoms with E-state index < -0.39 is 6.09 Å². The average molecular weight is 452 g/mol. The lowest BCUT2D eigenvalue weighted by Crippen LogP contribution is -2.48. The van der Waals surface area contributed by atoms with E-state index in [4.69, 9.17) is 0 Å². The minimum absolute atomic E-state index is 0.0385. The molecule has 4 rings (SSSR count). The normalized spacial score (nSPS) is 20.5. The predicted molar refractivity (Wildman–Crippen MR) is 130 cm³/mol. The van der Waals surface area contributed by atoms with Gasteiger partial charge in [0.1, 0.15) is 5.82 Å². The number of nitrogens with one attached hydrogen (secondary N) is 1. The van der Waals surface area contributed by atoms with Crippen LogP contribution in [0.5, 0.6) is 0 Å². The van der Waals surface area contributed by atoms with Crippen molar-refractivity contribution in [1.29, 1.82) is 0 Å². The molecular weight excluding hydrogens is 418 g/mol. The lowest BCUT2D eigenvalue weighted by Gasteiger charge is -2.43. The van der Waals surface area contributed by atoms with Gasteiger partial charge in [-0.1, -0.05) is 6.07 Å². The largest absolute Gasteiger partial charge is 0.465 e. The van der Waals surface area contributed by atoms with Gasteiger partial charge in [-0.2, -0.15) is 0 Å². The molecule has 2 aliphatic rings. The molecular formula is C25H33N5O3. The van der Waals surface area contributed by atoms with Crippen molar-refractivity contribution in [3.05, 3.63) is 42.1 Å². The maximum atomic E-state index is 12.4. The van der Waals surface area contributed by atoms with E-state index >= 15 is 0 Å². The van der Waals surface area contributed by atoms with Crippen LogP contribution in [-0.4, -0.2) is 65.3 Å². The number of benzene rings is 1. The van der Waals surface area contributed by atoms with Gasteiger partial charge >= 0.3 is 6.09 Å². The Kier molecular flexibility index (Phi) is 6.56. The minimum atomic E-state index is -0.947. The number of pyridine rings is 1. The van der Waals surface area contributed by atoms with Gasteiger partial charge in [-0.25, -0.2) is 9.78 Å². The van der Waals surface area contributed by atoms with Crippen LogP contribution in [0, 0.1) is 0 Å². The lowest BCUT2D eigenvalue weighted by atomic mass is 9.88. The second kappa shape index (κ2) is 9.39. The van der Waals surface area contributed by atoms with Gasteiger partial charge in [0.05, 0.1) is 6.04 Å². The van der Waals surface area contributed by atoms with E-state index in [-0.39, 0.29) is 24.0 Å². The highest BCUT2D eigenvalue weighted by molar-refractivity contribution is 5.94. The first-order chi connectivity index (χ1) is 15.8. The van der Waals surface area contributed by atoms with Crippen molar-refractivity contribution in [2.45, 2.75) is 52.2 Å². The van der Waals surface area contributed by atoms with E-state index in [0.717, 1.165) is 54.4 Å². The number of fused-ring (bicyclic) bond motifs is 1. The van der Waals surface area contributed by atoms with Crippen LogP contribution in [-0.2, 0) is 4.79 Å². The third kappa shape index (κ3) is 4.53. The summed E-state index contributed by atoms with van der Waals surface area (Å²) >= 11 is 0. The Balaban J connectivity index is 1.73. The highest BCUT2D eigenvalue weighted by Gasteiger charge is 2.38. The number of hydrogen-bond donors (Lipinski definition) is 2. The number of rotatable bonds is 4. The van der Waals surface area contributed by atoms with Gasteiger partial charge in [-0.05, 0) is 62.6 Å². The van der Waals surface area contributed by atoms with Gasteiger partial charge in [0.2, 0.25) is 5.91 Å². The van der Waals surface area contributed by atoms with Crippen molar-refractivity contribution in [3.8, 4) is 11.1 Å². The standard InChI is InChI=1S/C25H33N5O3/c1-16(2)29(25(32)33)23-13-17(3)30(18(4)31)22-7-5-19(14-21(22)23)20-6-8-24(27-15-20)28-11-9-26-10-12-28/h5-8,14-17,23,26H,9-13H2,1-4H3,(H,32,33). The molecule has 176 valence electrons. The fraction of sp³-hybridized carbons (Fsp3) is 0.480. The molecule has 1 aromatic carbocycles. The van der Waals surface area contributed by atoms with Crippen LogP contribution in [0.1, 0.15) is 45.7 Å². The number of carboxylic acid groups (broad SMARTS) is 1.